The molecule has 4 amide bonds. The summed E-state index contributed by atoms with van der Waals surface area (Å²) >= 11 is 0. The lowest BCUT2D eigenvalue weighted by Crippen LogP contribution is -2.14. The quantitative estimate of drug-likeness (QED) is 0.468. The summed E-state index contributed by atoms with van der Waals surface area (Å²) < 4.78 is 0. The van der Waals surface area contributed by atoms with Crippen molar-refractivity contribution >= 4 is 68.4 Å². The fraction of sp³-hybridized carbons (Fsp3) is 0.222. The van der Waals surface area contributed by atoms with Gasteiger partial charge in [-0.1, -0.05) is 0 Å². The van der Waals surface area contributed by atoms with Gasteiger partial charge in [-0.3, -0.25) is 19.2 Å². The Labute approximate surface area is 169 Å². The van der Waals surface area contributed by atoms with Crippen molar-refractivity contribution in [1.29, 1.82) is 0 Å². The van der Waals surface area contributed by atoms with Gasteiger partial charge < -0.3 is 21.3 Å². The number of rotatable bonds is 4. The second-order valence-corrected chi connectivity index (χ2v) is 6.46. The van der Waals surface area contributed by atoms with Crippen molar-refractivity contribution in [3.05, 3.63) is 12.1 Å². The van der Waals surface area contributed by atoms with Crippen molar-refractivity contribution in [3.8, 4) is 0 Å². The largest absolute Gasteiger partial charge is 0.309 e. The summed E-state index contributed by atoms with van der Waals surface area (Å²) in [6.45, 7) is 5.28. The Bertz CT molecular complexity index is 1040. The number of anilines is 4. The summed E-state index contributed by atoms with van der Waals surface area (Å²) in [5.74, 6) is -0.863. The van der Waals surface area contributed by atoms with Crippen molar-refractivity contribution in [3.63, 3.8) is 0 Å². The van der Waals surface area contributed by atoms with Crippen LogP contribution in [0, 0.1) is 0 Å². The smallest absolute Gasteiger partial charge is 0.222 e. The molecule has 0 fully saturated rings. The van der Waals surface area contributed by atoms with E-state index in [-0.39, 0.29) is 46.9 Å². The molecule has 3 aromatic rings. The molecule has 12 nitrogen and oxygen atoms in total. The molecule has 30 heavy (non-hydrogen) atoms. The third-order valence-corrected chi connectivity index (χ3v) is 3.86. The number of carbonyl (C=O) groups excluding carboxylic acids is 4. The van der Waals surface area contributed by atoms with Gasteiger partial charge in [-0.05, 0) is 12.1 Å². The first-order valence-corrected chi connectivity index (χ1v) is 8.77. The fourth-order valence-corrected chi connectivity index (χ4v) is 2.84. The summed E-state index contributed by atoms with van der Waals surface area (Å²) in [5, 5.41) is 28.0. The first-order valence-electron chi connectivity index (χ1n) is 8.77. The van der Waals surface area contributed by atoms with E-state index >= 15 is 0 Å². The monoisotopic (exact) mass is 410 g/mol. The predicted octanol–water partition coefficient (Wildman–Crippen LogP) is 1.41. The molecule has 4 N–H and O–H groups in total. The Hall–Kier alpha value is -4.22. The normalized spacial score (nSPS) is 10.5. The van der Waals surface area contributed by atoms with E-state index in [4.69, 9.17) is 0 Å². The van der Waals surface area contributed by atoms with Gasteiger partial charge in [0.05, 0.1) is 0 Å². The van der Waals surface area contributed by atoms with Gasteiger partial charge in [0.25, 0.3) is 0 Å². The number of fused-ring (bicyclic) bond motifs is 2. The van der Waals surface area contributed by atoms with Gasteiger partial charge in [0.1, 0.15) is 0 Å². The zero-order valence-corrected chi connectivity index (χ0v) is 16.6. The van der Waals surface area contributed by atoms with E-state index in [1.54, 1.807) is 12.1 Å². The van der Waals surface area contributed by atoms with E-state index in [9.17, 15) is 19.2 Å². The molecule has 0 aliphatic carbocycles. The highest BCUT2D eigenvalue weighted by atomic mass is 16.2. The van der Waals surface area contributed by atoms with Gasteiger partial charge in [-0.15, -0.1) is 20.4 Å². The minimum Gasteiger partial charge on any atom is -0.309 e. The van der Waals surface area contributed by atoms with Gasteiger partial charge in [-0.2, -0.15) is 0 Å². The molecule has 2 aromatic heterocycles. The lowest BCUT2D eigenvalue weighted by atomic mass is 10.1. The van der Waals surface area contributed by atoms with Crippen molar-refractivity contribution in [1.82, 2.24) is 20.4 Å². The van der Waals surface area contributed by atoms with Crippen LogP contribution in [-0.4, -0.2) is 44.0 Å². The number of nitrogens with one attached hydrogen (secondary N) is 4. The average molecular weight is 410 g/mol. The van der Waals surface area contributed by atoms with Gasteiger partial charge >= 0.3 is 0 Å². The number of hydrogen-bond acceptors (Lipinski definition) is 8. The van der Waals surface area contributed by atoms with Gasteiger partial charge in [0.2, 0.25) is 23.6 Å². The number of nitrogens with zero attached hydrogens (tertiary/aromatic N) is 4. The second-order valence-electron chi connectivity index (χ2n) is 6.46. The van der Waals surface area contributed by atoms with E-state index < -0.39 is 0 Å². The predicted molar refractivity (Wildman–Crippen MR) is 110 cm³/mol. The Morgan fingerprint density at radius 3 is 0.867 bits per heavy atom. The Morgan fingerprint density at radius 2 is 0.700 bits per heavy atom. The second kappa shape index (κ2) is 8.03. The molecule has 0 spiro atoms. The zero-order chi connectivity index (χ0) is 22.0. The molecule has 0 saturated carbocycles. The third kappa shape index (κ3) is 4.27. The molecule has 0 unspecified atom stereocenters. The fourth-order valence-electron chi connectivity index (χ4n) is 2.84. The van der Waals surface area contributed by atoms with Crippen LogP contribution in [0.1, 0.15) is 27.7 Å². The SMILES string of the molecule is CC(=O)Nc1nnc(NC(C)=O)c2cc3c(NC(C)=O)nnc(NC(C)=O)c3cc12. The van der Waals surface area contributed by atoms with Crippen molar-refractivity contribution in [2.24, 2.45) is 0 Å². The highest BCUT2D eigenvalue weighted by Gasteiger charge is 2.18. The van der Waals surface area contributed by atoms with E-state index in [1.807, 2.05) is 0 Å². The molecule has 0 radical (unpaired) electrons. The van der Waals surface area contributed by atoms with Crippen LogP contribution in [0.2, 0.25) is 0 Å². The minimum absolute atomic E-state index is 0.153. The number of hydrogen-bond donors (Lipinski definition) is 4. The van der Waals surface area contributed by atoms with Crippen molar-refractivity contribution < 1.29 is 19.2 Å². The minimum atomic E-state index is -0.369. The summed E-state index contributed by atoms with van der Waals surface area (Å²) in [4.78, 5) is 46.4. The Balaban J connectivity index is 2.41. The highest BCUT2D eigenvalue weighted by Crippen LogP contribution is 2.35. The maximum absolute atomic E-state index is 11.6. The molecule has 0 aliphatic rings. The topological polar surface area (TPSA) is 168 Å². The van der Waals surface area contributed by atoms with Crippen LogP contribution in [-0.2, 0) is 19.2 Å². The first-order chi connectivity index (χ1) is 14.2. The van der Waals surface area contributed by atoms with Crippen molar-refractivity contribution in [2.75, 3.05) is 21.3 Å². The van der Waals surface area contributed by atoms with Gasteiger partial charge in [0.15, 0.2) is 23.3 Å². The van der Waals surface area contributed by atoms with Crippen molar-refractivity contribution in [2.45, 2.75) is 27.7 Å². The molecular weight excluding hydrogens is 392 g/mol. The summed E-state index contributed by atoms with van der Waals surface area (Å²) in [7, 11) is 0. The summed E-state index contributed by atoms with van der Waals surface area (Å²) in [5.41, 5.74) is 0. The Morgan fingerprint density at radius 1 is 0.500 bits per heavy atom. The molecule has 0 saturated heterocycles. The Kier molecular flexibility index (Phi) is 5.49. The molecule has 0 aliphatic heterocycles. The van der Waals surface area contributed by atoms with Crippen LogP contribution in [0.5, 0.6) is 0 Å². The zero-order valence-electron chi connectivity index (χ0n) is 16.6. The lowest BCUT2D eigenvalue weighted by Gasteiger charge is -2.14. The molecule has 1 aromatic carbocycles. The molecular formula is C18H18N8O4. The number of aromatic nitrogens is 4. The number of carbonyl (C=O) groups is 4. The maximum Gasteiger partial charge on any atom is 0.222 e. The third-order valence-electron chi connectivity index (χ3n) is 3.86. The lowest BCUT2D eigenvalue weighted by molar-refractivity contribution is -0.115. The standard InChI is InChI=1S/C18H18N8O4/c1-7(27)19-15-11-5-13-14(6-12(11)16(24-23-15)20-8(2)28)18(22-10(4)30)26-25-17(13)21-9(3)29/h5-6H,1-4H3,(H,19,23,27)(H,20,24,28)(H,21,25,29)(H,22,26,30). The number of amides is 4. The van der Waals surface area contributed by atoms with Crippen LogP contribution >= 0.6 is 0 Å². The van der Waals surface area contributed by atoms with Gasteiger partial charge in [0, 0.05) is 49.2 Å². The highest BCUT2D eigenvalue weighted by molar-refractivity contribution is 6.16. The number of benzene rings is 1. The van der Waals surface area contributed by atoms with E-state index in [0.717, 1.165) is 0 Å². The summed E-state index contributed by atoms with van der Waals surface area (Å²) in [6, 6.07) is 3.22. The average Bonchev–Trinajstić information content (AvgIpc) is 2.63. The van der Waals surface area contributed by atoms with Crippen LogP contribution < -0.4 is 21.3 Å². The van der Waals surface area contributed by atoms with Crippen LogP contribution in [0.15, 0.2) is 12.1 Å². The molecule has 3 rings (SSSR count). The van der Waals surface area contributed by atoms with Gasteiger partial charge in [-0.25, -0.2) is 0 Å². The van der Waals surface area contributed by atoms with E-state index in [1.165, 1.54) is 27.7 Å². The van der Waals surface area contributed by atoms with Crippen LogP contribution in [0.4, 0.5) is 23.3 Å². The molecule has 0 atom stereocenters. The first kappa shape index (κ1) is 20.5. The molecule has 154 valence electrons. The summed E-state index contributed by atoms with van der Waals surface area (Å²) in [6.07, 6.45) is 0. The maximum atomic E-state index is 11.6. The van der Waals surface area contributed by atoms with E-state index in [0.29, 0.717) is 21.5 Å². The van der Waals surface area contributed by atoms with Crippen LogP contribution in [0.3, 0.4) is 0 Å². The molecule has 0 bridgehead atoms. The van der Waals surface area contributed by atoms with Crippen LogP contribution in [0.25, 0.3) is 21.5 Å². The molecule has 12 heteroatoms. The van der Waals surface area contributed by atoms with E-state index in [2.05, 4.69) is 41.7 Å². The molecule has 2 heterocycles.